The Kier molecular flexibility index (Phi) is 13.0. The van der Waals surface area contributed by atoms with E-state index < -0.39 is 35.8 Å². The molecule has 0 spiro atoms. The molecule has 39 heavy (non-hydrogen) atoms. The number of para-hydroxylation sites is 1. The summed E-state index contributed by atoms with van der Waals surface area (Å²) in [7, 11) is 0. The van der Waals surface area contributed by atoms with E-state index in [1.54, 1.807) is 30.3 Å². The largest absolute Gasteiger partial charge is 0.490 e. The molecule has 7 nitrogen and oxygen atoms in total. The van der Waals surface area contributed by atoms with E-state index in [-0.39, 0.29) is 13.2 Å². The molecule has 214 valence electrons. The molecule has 7 heteroatoms. The molecule has 0 bridgehead atoms. The Balaban J connectivity index is 0.000000370. The molecule has 3 rings (SSSR count). The van der Waals surface area contributed by atoms with Gasteiger partial charge in [0.2, 0.25) is 0 Å². The number of carbonyl (C=O) groups is 3. The van der Waals surface area contributed by atoms with Crippen molar-refractivity contribution in [3.05, 3.63) is 66.8 Å². The normalized spacial score (nSPS) is 26.3. The minimum Gasteiger partial charge on any atom is -0.490 e. The number of aliphatic carboxylic acids is 1. The Morgan fingerprint density at radius 1 is 1.08 bits per heavy atom. The predicted molar refractivity (Wildman–Crippen MR) is 151 cm³/mol. The highest BCUT2D eigenvalue weighted by molar-refractivity contribution is 5.83. The Hall–Kier alpha value is -3.35. The third kappa shape index (κ3) is 10.4. The molecule has 1 aromatic rings. The highest BCUT2D eigenvalue weighted by Gasteiger charge is 2.36. The molecule has 2 aliphatic carbocycles. The Morgan fingerprint density at radius 3 is 2.33 bits per heavy atom. The van der Waals surface area contributed by atoms with Gasteiger partial charge in [0.25, 0.3) is 0 Å². The maximum absolute atomic E-state index is 12.5. The minimum atomic E-state index is -1.08. The molecule has 1 fully saturated rings. The van der Waals surface area contributed by atoms with E-state index in [9.17, 15) is 19.5 Å². The lowest BCUT2D eigenvalue weighted by Crippen LogP contribution is -2.37. The standard InChI is InChI=1S/C20H22O7.C12H22/c1-2-18(21)26-13-15(12-25-14-8-4-3-5-9-14)27-20(24)17-11-7-6-10-16(17)19(22)23;1-8(2)6-12-7-9(3)10(4)11(12)5/h2-6,8-10,15-17H,1,7,11-13H2,(H,22,23);6,9-12H,7H2,1-5H3. The SMILES string of the molecule is C=CC(=O)OCC(COc1ccccc1)OC(=O)C1CCC=CC1C(=O)O.CC(C)=CC1CC(C)C(C)C1C. The fourth-order valence-electron chi connectivity index (χ4n) is 5.07. The Labute approximate surface area is 232 Å². The minimum absolute atomic E-state index is 0.0412. The third-order valence-corrected chi connectivity index (χ3v) is 7.64. The first-order valence-corrected chi connectivity index (χ1v) is 13.7. The van der Waals surface area contributed by atoms with Gasteiger partial charge in [0.05, 0.1) is 11.8 Å². The second-order valence-corrected chi connectivity index (χ2v) is 10.8. The van der Waals surface area contributed by atoms with Crippen LogP contribution >= 0.6 is 0 Å². The molecular weight excluding hydrogens is 496 g/mol. The first kappa shape index (κ1) is 31.9. The first-order valence-electron chi connectivity index (χ1n) is 13.7. The summed E-state index contributed by atoms with van der Waals surface area (Å²) in [5, 5.41) is 9.29. The van der Waals surface area contributed by atoms with Crippen molar-refractivity contribution in [1.82, 2.24) is 0 Å². The van der Waals surface area contributed by atoms with E-state index in [0.717, 1.165) is 29.7 Å². The molecule has 0 amide bonds. The van der Waals surface area contributed by atoms with Crippen LogP contribution in [0.5, 0.6) is 5.75 Å². The van der Waals surface area contributed by atoms with Gasteiger partial charge in [-0.15, -0.1) is 0 Å². The average Bonchev–Trinajstić information content (AvgIpc) is 3.16. The molecule has 1 aromatic carbocycles. The number of carboxylic acids is 1. The van der Waals surface area contributed by atoms with E-state index in [1.165, 1.54) is 18.1 Å². The van der Waals surface area contributed by atoms with Crippen molar-refractivity contribution in [2.24, 2.45) is 35.5 Å². The van der Waals surface area contributed by atoms with Crippen LogP contribution in [-0.4, -0.2) is 42.3 Å². The fraction of sp³-hybridized carbons (Fsp3) is 0.531. The molecular formula is C32H44O7. The lowest BCUT2D eigenvalue weighted by molar-refractivity contribution is -0.166. The molecule has 7 unspecified atom stereocenters. The van der Waals surface area contributed by atoms with E-state index in [4.69, 9.17) is 14.2 Å². The number of hydrogen-bond acceptors (Lipinski definition) is 6. The van der Waals surface area contributed by atoms with Crippen molar-refractivity contribution in [3.63, 3.8) is 0 Å². The van der Waals surface area contributed by atoms with Crippen molar-refractivity contribution < 1.29 is 33.7 Å². The molecule has 0 heterocycles. The summed E-state index contributed by atoms with van der Waals surface area (Å²) in [4.78, 5) is 35.2. The van der Waals surface area contributed by atoms with Crippen LogP contribution in [-0.2, 0) is 23.9 Å². The van der Waals surface area contributed by atoms with Gasteiger partial charge in [-0.25, -0.2) is 4.79 Å². The van der Waals surface area contributed by atoms with Crippen LogP contribution in [0, 0.1) is 35.5 Å². The predicted octanol–water partition coefficient (Wildman–Crippen LogP) is 6.25. The molecule has 1 N–H and O–H groups in total. The van der Waals surface area contributed by atoms with Crippen molar-refractivity contribution in [3.8, 4) is 5.75 Å². The van der Waals surface area contributed by atoms with E-state index in [2.05, 4.69) is 47.3 Å². The number of hydrogen-bond donors (Lipinski definition) is 1. The topological polar surface area (TPSA) is 99.1 Å². The van der Waals surface area contributed by atoms with Crippen LogP contribution in [0.3, 0.4) is 0 Å². The van der Waals surface area contributed by atoms with E-state index in [1.807, 2.05) is 6.07 Å². The van der Waals surface area contributed by atoms with Crippen LogP contribution in [0.1, 0.15) is 53.9 Å². The van der Waals surface area contributed by atoms with Crippen LogP contribution in [0.15, 0.2) is 66.8 Å². The summed E-state index contributed by atoms with van der Waals surface area (Å²) in [5.74, 6) is 0.0177. The van der Waals surface area contributed by atoms with Gasteiger partial charge >= 0.3 is 17.9 Å². The van der Waals surface area contributed by atoms with Crippen LogP contribution in [0.25, 0.3) is 0 Å². The number of carbonyl (C=O) groups excluding carboxylic acids is 2. The van der Waals surface area contributed by atoms with Crippen molar-refractivity contribution in [1.29, 1.82) is 0 Å². The number of rotatable bonds is 10. The molecule has 1 saturated carbocycles. The zero-order valence-electron chi connectivity index (χ0n) is 23.9. The van der Waals surface area contributed by atoms with E-state index in [0.29, 0.717) is 18.6 Å². The lowest BCUT2D eigenvalue weighted by Gasteiger charge is -2.25. The summed E-state index contributed by atoms with van der Waals surface area (Å²) in [6.07, 6.45) is 8.21. The highest BCUT2D eigenvalue weighted by Crippen LogP contribution is 2.41. The van der Waals surface area contributed by atoms with Crippen molar-refractivity contribution in [2.75, 3.05) is 13.2 Å². The van der Waals surface area contributed by atoms with Crippen LogP contribution in [0.4, 0.5) is 0 Å². The van der Waals surface area contributed by atoms with Gasteiger partial charge in [-0.3, -0.25) is 9.59 Å². The van der Waals surface area contributed by atoms with Gasteiger partial charge in [0.1, 0.15) is 19.0 Å². The zero-order valence-corrected chi connectivity index (χ0v) is 23.9. The van der Waals surface area contributed by atoms with Gasteiger partial charge in [-0.2, -0.15) is 0 Å². The number of carboxylic acid groups (broad SMARTS) is 1. The van der Waals surface area contributed by atoms with Gasteiger partial charge in [-0.05, 0) is 68.9 Å². The monoisotopic (exact) mass is 540 g/mol. The highest BCUT2D eigenvalue weighted by atomic mass is 16.6. The average molecular weight is 541 g/mol. The fourth-order valence-corrected chi connectivity index (χ4v) is 5.07. The first-order chi connectivity index (χ1) is 18.5. The zero-order chi connectivity index (χ0) is 28.9. The molecule has 0 aromatic heterocycles. The summed E-state index contributed by atoms with van der Waals surface area (Å²) in [5.41, 5.74) is 1.48. The number of esters is 2. The number of allylic oxidation sites excluding steroid dienone is 3. The molecule has 0 aliphatic heterocycles. The molecule has 0 saturated heterocycles. The van der Waals surface area contributed by atoms with Crippen molar-refractivity contribution >= 4 is 17.9 Å². The van der Waals surface area contributed by atoms with Crippen LogP contribution in [0.2, 0.25) is 0 Å². The maximum Gasteiger partial charge on any atom is 0.330 e. The van der Waals surface area contributed by atoms with Gasteiger partial charge in [-0.1, -0.05) is 69.4 Å². The molecule has 0 radical (unpaired) electrons. The van der Waals surface area contributed by atoms with Gasteiger partial charge < -0.3 is 19.3 Å². The second-order valence-electron chi connectivity index (χ2n) is 10.8. The molecule has 2 aliphatic rings. The summed E-state index contributed by atoms with van der Waals surface area (Å²) < 4.78 is 15.9. The van der Waals surface area contributed by atoms with E-state index >= 15 is 0 Å². The maximum atomic E-state index is 12.5. The number of ether oxygens (including phenoxy) is 3. The summed E-state index contributed by atoms with van der Waals surface area (Å²) in [6.45, 7) is 14.7. The third-order valence-electron chi connectivity index (χ3n) is 7.64. The van der Waals surface area contributed by atoms with Crippen LogP contribution < -0.4 is 4.74 Å². The van der Waals surface area contributed by atoms with Crippen molar-refractivity contribution in [2.45, 2.75) is 60.0 Å². The second kappa shape index (κ2) is 15.9. The Bertz CT molecular complexity index is 1010. The van der Waals surface area contributed by atoms with Gasteiger partial charge in [0.15, 0.2) is 6.10 Å². The smallest absolute Gasteiger partial charge is 0.330 e. The quantitative estimate of drug-likeness (QED) is 0.213. The van der Waals surface area contributed by atoms with Gasteiger partial charge in [0, 0.05) is 6.08 Å². The molecule has 7 atom stereocenters. The summed E-state index contributed by atoms with van der Waals surface area (Å²) >= 11 is 0. The number of benzene rings is 1. The lowest BCUT2D eigenvalue weighted by atomic mass is 9.84. The summed E-state index contributed by atoms with van der Waals surface area (Å²) in [6, 6.07) is 8.89. The Morgan fingerprint density at radius 2 is 1.77 bits per heavy atom.